The highest BCUT2D eigenvalue weighted by atomic mass is 16.3. The molecule has 1 N–H and O–H groups in total. The Labute approximate surface area is 101 Å². The van der Waals surface area contributed by atoms with Gasteiger partial charge in [-0.3, -0.25) is 4.79 Å². The molecule has 0 amide bonds. The van der Waals surface area contributed by atoms with Gasteiger partial charge in [-0.25, -0.2) is 0 Å². The van der Waals surface area contributed by atoms with Crippen molar-refractivity contribution in [2.45, 2.75) is 13.0 Å². The monoisotopic (exact) mass is 226 g/mol. The van der Waals surface area contributed by atoms with Crippen molar-refractivity contribution in [2.24, 2.45) is 0 Å². The molecular weight excluding hydrogens is 212 g/mol. The third kappa shape index (κ3) is 2.43. The van der Waals surface area contributed by atoms with Gasteiger partial charge < -0.3 is 5.11 Å². The summed E-state index contributed by atoms with van der Waals surface area (Å²) >= 11 is 0. The van der Waals surface area contributed by atoms with Crippen molar-refractivity contribution in [1.82, 2.24) is 0 Å². The number of carbonyl (C=O) groups excluding carboxylic acids is 1. The fourth-order valence-corrected chi connectivity index (χ4v) is 1.84. The van der Waals surface area contributed by atoms with Gasteiger partial charge in [0.25, 0.3) is 0 Å². The van der Waals surface area contributed by atoms with Crippen LogP contribution >= 0.6 is 0 Å². The number of aliphatic hydroxyl groups is 1. The summed E-state index contributed by atoms with van der Waals surface area (Å²) in [6.45, 7) is 1.40. The number of aliphatic hydroxyl groups excluding tert-OH is 1. The van der Waals surface area contributed by atoms with Crippen molar-refractivity contribution < 1.29 is 9.90 Å². The van der Waals surface area contributed by atoms with Gasteiger partial charge in [0, 0.05) is 0 Å². The number of ketones is 1. The summed E-state index contributed by atoms with van der Waals surface area (Å²) in [5.74, 6) is -0.242. The van der Waals surface area contributed by atoms with Crippen LogP contribution < -0.4 is 0 Å². The number of benzene rings is 2. The Morgan fingerprint density at radius 1 is 1.00 bits per heavy atom. The lowest BCUT2D eigenvalue weighted by Gasteiger charge is -2.13. The topological polar surface area (TPSA) is 37.3 Å². The first-order chi connectivity index (χ1) is 8.20. The maximum atomic E-state index is 11.3. The molecule has 0 aliphatic heterocycles. The molecule has 1 unspecified atom stereocenters. The molecule has 0 aliphatic rings. The van der Waals surface area contributed by atoms with Crippen molar-refractivity contribution in [3.8, 4) is 11.1 Å². The Hall–Kier alpha value is -1.93. The molecule has 0 aliphatic carbocycles. The molecule has 0 saturated heterocycles. The van der Waals surface area contributed by atoms with Crippen LogP contribution in [0, 0.1) is 0 Å². The van der Waals surface area contributed by atoms with Crippen LogP contribution in [0.15, 0.2) is 54.6 Å². The molecule has 17 heavy (non-hydrogen) atoms. The zero-order chi connectivity index (χ0) is 12.3. The van der Waals surface area contributed by atoms with Gasteiger partial charge in [-0.1, -0.05) is 54.6 Å². The Morgan fingerprint density at radius 3 is 2.24 bits per heavy atom. The second-order valence-corrected chi connectivity index (χ2v) is 3.97. The van der Waals surface area contributed by atoms with Gasteiger partial charge in [0.1, 0.15) is 6.10 Å². The number of rotatable bonds is 3. The van der Waals surface area contributed by atoms with Gasteiger partial charge >= 0.3 is 0 Å². The first kappa shape index (κ1) is 11.6. The summed E-state index contributed by atoms with van der Waals surface area (Å²) in [5, 5.41) is 9.89. The summed E-state index contributed by atoms with van der Waals surface area (Å²) in [6, 6.07) is 17.2. The van der Waals surface area contributed by atoms with E-state index in [1.165, 1.54) is 6.92 Å². The molecule has 0 saturated carbocycles. The molecule has 2 nitrogen and oxygen atoms in total. The van der Waals surface area contributed by atoms with Crippen molar-refractivity contribution in [1.29, 1.82) is 0 Å². The number of hydrogen-bond acceptors (Lipinski definition) is 2. The van der Waals surface area contributed by atoms with Crippen LogP contribution in [0.25, 0.3) is 11.1 Å². The Kier molecular flexibility index (Phi) is 3.35. The third-order valence-electron chi connectivity index (χ3n) is 2.73. The molecule has 1 atom stereocenters. The lowest BCUT2D eigenvalue weighted by Crippen LogP contribution is -2.08. The van der Waals surface area contributed by atoms with E-state index < -0.39 is 6.10 Å². The minimum absolute atomic E-state index is 0.242. The van der Waals surface area contributed by atoms with Gasteiger partial charge in [0.15, 0.2) is 5.78 Å². The molecule has 2 aromatic rings. The van der Waals surface area contributed by atoms with E-state index in [9.17, 15) is 9.90 Å². The fourth-order valence-electron chi connectivity index (χ4n) is 1.84. The molecule has 0 fully saturated rings. The van der Waals surface area contributed by atoms with Crippen LogP contribution in [0.4, 0.5) is 0 Å². The number of hydrogen-bond donors (Lipinski definition) is 1. The number of carbonyl (C=O) groups is 1. The van der Waals surface area contributed by atoms with E-state index in [2.05, 4.69) is 0 Å². The van der Waals surface area contributed by atoms with E-state index >= 15 is 0 Å². The molecular formula is C15H14O2. The second-order valence-electron chi connectivity index (χ2n) is 3.97. The van der Waals surface area contributed by atoms with E-state index in [0.29, 0.717) is 5.56 Å². The summed E-state index contributed by atoms with van der Waals surface area (Å²) < 4.78 is 0. The predicted octanol–water partition coefficient (Wildman–Crippen LogP) is 2.98. The van der Waals surface area contributed by atoms with E-state index in [1.807, 2.05) is 48.5 Å². The molecule has 0 spiro atoms. The molecule has 0 radical (unpaired) electrons. The van der Waals surface area contributed by atoms with Gasteiger partial charge in [0.05, 0.1) is 0 Å². The van der Waals surface area contributed by atoms with E-state index in [1.54, 1.807) is 6.07 Å². The standard InChI is InChI=1S/C15H14O2/c1-11(16)15(17)14-10-6-5-9-13(14)12-7-3-2-4-8-12/h2-10,15,17H,1H3. The van der Waals surface area contributed by atoms with Crippen LogP contribution in [0.1, 0.15) is 18.6 Å². The van der Waals surface area contributed by atoms with E-state index in [0.717, 1.165) is 11.1 Å². The minimum atomic E-state index is -1.05. The summed E-state index contributed by atoms with van der Waals surface area (Å²) in [7, 11) is 0. The Bertz CT molecular complexity index is 517. The van der Waals surface area contributed by atoms with Crippen LogP contribution in [0.2, 0.25) is 0 Å². The highest BCUT2D eigenvalue weighted by molar-refractivity contribution is 5.84. The quantitative estimate of drug-likeness (QED) is 0.873. The lowest BCUT2D eigenvalue weighted by molar-refractivity contribution is -0.125. The number of Topliss-reactive ketones (excluding diaryl/α,β-unsaturated/α-hetero) is 1. The van der Waals surface area contributed by atoms with Crippen LogP contribution in [-0.2, 0) is 4.79 Å². The lowest BCUT2D eigenvalue weighted by atomic mass is 9.95. The van der Waals surface area contributed by atoms with Gasteiger partial charge in [-0.15, -0.1) is 0 Å². The zero-order valence-corrected chi connectivity index (χ0v) is 9.63. The minimum Gasteiger partial charge on any atom is -0.381 e. The SMILES string of the molecule is CC(=O)C(O)c1ccccc1-c1ccccc1. The largest absolute Gasteiger partial charge is 0.381 e. The average molecular weight is 226 g/mol. The maximum Gasteiger partial charge on any atom is 0.162 e. The van der Waals surface area contributed by atoms with Crippen LogP contribution in [0.3, 0.4) is 0 Å². The highest BCUT2D eigenvalue weighted by Gasteiger charge is 2.16. The summed E-state index contributed by atoms with van der Waals surface area (Å²) in [4.78, 5) is 11.3. The summed E-state index contributed by atoms with van der Waals surface area (Å²) in [5.41, 5.74) is 2.56. The molecule has 2 heteroatoms. The molecule has 0 heterocycles. The zero-order valence-electron chi connectivity index (χ0n) is 9.63. The average Bonchev–Trinajstić information content (AvgIpc) is 2.39. The van der Waals surface area contributed by atoms with Gasteiger partial charge in [0.2, 0.25) is 0 Å². The molecule has 2 rings (SSSR count). The first-order valence-electron chi connectivity index (χ1n) is 5.53. The maximum absolute atomic E-state index is 11.3. The van der Waals surface area contributed by atoms with Gasteiger partial charge in [-0.05, 0) is 23.6 Å². The third-order valence-corrected chi connectivity index (χ3v) is 2.73. The van der Waals surface area contributed by atoms with Crippen molar-refractivity contribution >= 4 is 5.78 Å². The van der Waals surface area contributed by atoms with Crippen molar-refractivity contribution in [3.05, 3.63) is 60.2 Å². The van der Waals surface area contributed by atoms with E-state index in [4.69, 9.17) is 0 Å². The van der Waals surface area contributed by atoms with Gasteiger partial charge in [-0.2, -0.15) is 0 Å². The normalized spacial score (nSPS) is 12.1. The predicted molar refractivity (Wildman–Crippen MR) is 67.5 cm³/mol. The van der Waals surface area contributed by atoms with Crippen LogP contribution in [-0.4, -0.2) is 10.9 Å². The van der Waals surface area contributed by atoms with Crippen molar-refractivity contribution in [2.75, 3.05) is 0 Å². The Balaban J connectivity index is 2.52. The fraction of sp³-hybridized carbons (Fsp3) is 0.133. The smallest absolute Gasteiger partial charge is 0.162 e. The highest BCUT2D eigenvalue weighted by Crippen LogP contribution is 2.28. The molecule has 0 bridgehead atoms. The molecule has 2 aromatic carbocycles. The molecule has 0 aromatic heterocycles. The molecule has 86 valence electrons. The van der Waals surface area contributed by atoms with E-state index in [-0.39, 0.29) is 5.78 Å². The van der Waals surface area contributed by atoms with Crippen LogP contribution in [0.5, 0.6) is 0 Å². The Morgan fingerprint density at radius 2 is 1.59 bits per heavy atom. The van der Waals surface area contributed by atoms with Crippen molar-refractivity contribution in [3.63, 3.8) is 0 Å². The second kappa shape index (κ2) is 4.93. The first-order valence-corrected chi connectivity index (χ1v) is 5.53. The summed E-state index contributed by atoms with van der Waals surface area (Å²) in [6.07, 6.45) is -1.05.